The molecule has 0 aromatic heterocycles. The molecule has 2 aromatic rings. The highest BCUT2D eigenvalue weighted by atomic mass is 79.9. The molecular weight excluding hydrogens is 401 g/mol. The molecule has 1 nitrogen and oxygen atoms in total. The lowest BCUT2D eigenvalue weighted by molar-refractivity contribution is 0.0989. The van der Waals surface area contributed by atoms with Gasteiger partial charge in [-0.05, 0) is 46.3 Å². The van der Waals surface area contributed by atoms with Gasteiger partial charge in [0.2, 0.25) is 0 Å². The zero-order chi connectivity index (χ0) is 14.9. The molecule has 104 valence electrons. The Labute approximate surface area is 130 Å². The summed E-state index contributed by atoms with van der Waals surface area (Å²) in [5.41, 5.74) is -0.302. The van der Waals surface area contributed by atoms with Gasteiger partial charge in [-0.3, -0.25) is 4.79 Å². The summed E-state index contributed by atoms with van der Waals surface area (Å²) in [6, 6.07) is 5.87. The van der Waals surface area contributed by atoms with Crippen LogP contribution in [-0.4, -0.2) is 5.78 Å². The highest BCUT2D eigenvalue weighted by Gasteiger charge is 2.18. The van der Waals surface area contributed by atoms with Gasteiger partial charge in [0.25, 0.3) is 0 Å². The van der Waals surface area contributed by atoms with Crippen molar-refractivity contribution in [3.63, 3.8) is 0 Å². The summed E-state index contributed by atoms with van der Waals surface area (Å²) in [6.07, 6.45) is -0.487. The molecule has 0 N–H and O–H groups in total. The minimum Gasteiger partial charge on any atom is -0.294 e. The van der Waals surface area contributed by atoms with Gasteiger partial charge in [0.15, 0.2) is 5.78 Å². The second kappa shape index (κ2) is 6.10. The Bertz CT molecular complexity index is 686. The molecule has 0 fully saturated rings. The van der Waals surface area contributed by atoms with Crippen LogP contribution in [0.2, 0.25) is 0 Å². The fourth-order valence-corrected chi connectivity index (χ4v) is 2.54. The first-order chi connectivity index (χ1) is 9.40. The van der Waals surface area contributed by atoms with Gasteiger partial charge in [-0.25, -0.2) is 13.2 Å². The third-order valence-corrected chi connectivity index (χ3v) is 4.01. The van der Waals surface area contributed by atoms with Crippen LogP contribution < -0.4 is 0 Å². The minimum atomic E-state index is -0.828. The number of carbonyl (C=O) groups excluding carboxylic acids is 1. The number of halogens is 5. The van der Waals surface area contributed by atoms with E-state index in [1.54, 1.807) is 0 Å². The Balaban J connectivity index is 2.38. The predicted octanol–water partition coefficient (Wildman–Crippen LogP) is 5.05. The second-order valence-corrected chi connectivity index (χ2v) is 5.75. The van der Waals surface area contributed by atoms with Gasteiger partial charge in [-0.2, -0.15) is 0 Å². The Hall–Kier alpha value is -1.14. The highest BCUT2D eigenvalue weighted by molar-refractivity contribution is 9.10. The van der Waals surface area contributed by atoms with E-state index >= 15 is 0 Å². The summed E-state index contributed by atoms with van der Waals surface area (Å²) < 4.78 is 41.0. The van der Waals surface area contributed by atoms with E-state index in [-0.39, 0.29) is 15.6 Å². The molecule has 0 amide bonds. The molecule has 2 aromatic carbocycles. The lowest BCUT2D eigenvalue weighted by atomic mass is 10.0. The molecule has 0 radical (unpaired) electrons. The van der Waals surface area contributed by atoms with Crippen LogP contribution in [0.3, 0.4) is 0 Å². The van der Waals surface area contributed by atoms with Gasteiger partial charge in [-0.15, -0.1) is 0 Å². The minimum absolute atomic E-state index is 0.0452. The number of Topliss-reactive ketones (excluding diaryl/α,β-unsaturated/α-hetero) is 1. The van der Waals surface area contributed by atoms with Crippen LogP contribution in [0.5, 0.6) is 0 Å². The van der Waals surface area contributed by atoms with Crippen molar-refractivity contribution in [1.82, 2.24) is 0 Å². The SMILES string of the molecule is O=C(Cc1c(F)ccc(Br)c1F)c1cc(F)ccc1Br. The lowest BCUT2D eigenvalue weighted by Gasteiger charge is -2.07. The largest absolute Gasteiger partial charge is 0.294 e. The number of ketones is 1. The Kier molecular flexibility index (Phi) is 4.65. The normalized spacial score (nSPS) is 10.7. The maximum atomic E-state index is 13.8. The first kappa shape index (κ1) is 15.3. The van der Waals surface area contributed by atoms with Crippen molar-refractivity contribution >= 4 is 37.6 Å². The zero-order valence-electron chi connectivity index (χ0n) is 9.89. The first-order valence-corrected chi connectivity index (χ1v) is 7.09. The van der Waals surface area contributed by atoms with Crippen molar-refractivity contribution in [2.45, 2.75) is 6.42 Å². The third kappa shape index (κ3) is 3.12. The van der Waals surface area contributed by atoms with Crippen LogP contribution in [0.4, 0.5) is 13.2 Å². The van der Waals surface area contributed by atoms with Gasteiger partial charge >= 0.3 is 0 Å². The summed E-state index contributed by atoms with van der Waals surface area (Å²) in [4.78, 5) is 12.1. The molecule has 2 rings (SSSR count). The summed E-state index contributed by atoms with van der Waals surface area (Å²) in [5.74, 6) is -2.81. The Morgan fingerprint density at radius 1 is 1.00 bits per heavy atom. The number of hydrogen-bond acceptors (Lipinski definition) is 1. The summed E-state index contributed by atoms with van der Waals surface area (Å²) in [7, 11) is 0. The number of rotatable bonds is 3. The monoisotopic (exact) mass is 406 g/mol. The molecule has 0 spiro atoms. The van der Waals surface area contributed by atoms with Crippen molar-refractivity contribution in [3.8, 4) is 0 Å². The van der Waals surface area contributed by atoms with E-state index in [0.29, 0.717) is 4.47 Å². The quantitative estimate of drug-likeness (QED) is 0.513. The molecule has 0 aliphatic heterocycles. The molecule has 0 unspecified atom stereocenters. The Morgan fingerprint density at radius 3 is 2.35 bits per heavy atom. The first-order valence-electron chi connectivity index (χ1n) is 5.50. The molecule has 0 saturated heterocycles. The maximum Gasteiger partial charge on any atom is 0.168 e. The molecule has 0 heterocycles. The van der Waals surface area contributed by atoms with Crippen molar-refractivity contribution in [3.05, 3.63) is 67.9 Å². The van der Waals surface area contributed by atoms with E-state index in [4.69, 9.17) is 0 Å². The van der Waals surface area contributed by atoms with E-state index in [1.165, 1.54) is 18.2 Å². The van der Waals surface area contributed by atoms with Crippen LogP contribution in [0, 0.1) is 17.5 Å². The van der Waals surface area contributed by atoms with Gasteiger partial charge in [0, 0.05) is 22.0 Å². The highest BCUT2D eigenvalue weighted by Crippen LogP contribution is 2.25. The number of hydrogen-bond donors (Lipinski definition) is 0. The van der Waals surface area contributed by atoms with Crippen molar-refractivity contribution in [1.29, 1.82) is 0 Å². The Morgan fingerprint density at radius 2 is 1.65 bits per heavy atom. The van der Waals surface area contributed by atoms with Crippen molar-refractivity contribution in [2.24, 2.45) is 0 Å². The van der Waals surface area contributed by atoms with Crippen molar-refractivity contribution in [2.75, 3.05) is 0 Å². The van der Waals surface area contributed by atoms with Crippen LogP contribution in [0.15, 0.2) is 39.3 Å². The summed E-state index contributed by atoms with van der Waals surface area (Å²) >= 11 is 6.04. The third-order valence-electron chi connectivity index (χ3n) is 2.71. The molecule has 0 bridgehead atoms. The van der Waals surface area contributed by atoms with E-state index in [2.05, 4.69) is 31.9 Å². The topological polar surface area (TPSA) is 17.1 Å². The van der Waals surface area contributed by atoms with Crippen molar-refractivity contribution < 1.29 is 18.0 Å². The van der Waals surface area contributed by atoms with Gasteiger partial charge < -0.3 is 0 Å². The molecule has 0 atom stereocenters. The number of carbonyl (C=O) groups is 1. The van der Waals surface area contributed by atoms with Gasteiger partial charge in [0.05, 0.1) is 4.47 Å². The average molecular weight is 408 g/mol. The van der Waals surface area contributed by atoms with Gasteiger partial charge in [0.1, 0.15) is 17.5 Å². The average Bonchev–Trinajstić information content (AvgIpc) is 2.41. The van der Waals surface area contributed by atoms with Crippen LogP contribution in [0.25, 0.3) is 0 Å². The van der Waals surface area contributed by atoms with Crippen LogP contribution >= 0.6 is 31.9 Å². The lowest BCUT2D eigenvalue weighted by Crippen LogP contribution is -2.09. The fourth-order valence-electron chi connectivity index (χ4n) is 1.70. The van der Waals surface area contributed by atoms with E-state index in [9.17, 15) is 18.0 Å². The summed E-state index contributed by atoms with van der Waals surface area (Å²) in [5, 5.41) is 0. The molecular formula is C14H7Br2F3O. The predicted molar refractivity (Wildman–Crippen MR) is 76.2 cm³/mol. The molecule has 0 aliphatic rings. The van der Waals surface area contributed by atoms with Crippen LogP contribution in [0.1, 0.15) is 15.9 Å². The standard InChI is InChI=1S/C14H7Br2F3O/c15-10-2-1-7(17)5-8(10)13(20)6-9-12(18)4-3-11(16)14(9)19/h1-5H,6H2. The van der Waals surface area contributed by atoms with E-state index < -0.39 is 29.7 Å². The van der Waals surface area contributed by atoms with Crippen LogP contribution in [-0.2, 0) is 6.42 Å². The number of benzene rings is 2. The fraction of sp³-hybridized carbons (Fsp3) is 0.0714. The van der Waals surface area contributed by atoms with E-state index in [0.717, 1.165) is 12.1 Å². The van der Waals surface area contributed by atoms with E-state index in [1.807, 2.05) is 0 Å². The summed E-state index contributed by atoms with van der Waals surface area (Å²) in [6.45, 7) is 0. The second-order valence-electron chi connectivity index (χ2n) is 4.05. The zero-order valence-corrected chi connectivity index (χ0v) is 13.1. The molecule has 20 heavy (non-hydrogen) atoms. The molecule has 0 saturated carbocycles. The molecule has 0 aliphatic carbocycles. The smallest absolute Gasteiger partial charge is 0.168 e. The van der Waals surface area contributed by atoms with Gasteiger partial charge in [-0.1, -0.05) is 15.9 Å². The molecule has 6 heteroatoms. The maximum absolute atomic E-state index is 13.8.